The van der Waals surface area contributed by atoms with Gasteiger partial charge < -0.3 is 19.4 Å². The van der Waals surface area contributed by atoms with E-state index in [0.29, 0.717) is 36.7 Å². The fourth-order valence-corrected chi connectivity index (χ4v) is 2.40. The molecule has 21 heavy (non-hydrogen) atoms. The van der Waals surface area contributed by atoms with Gasteiger partial charge in [0, 0.05) is 31.0 Å². The first kappa shape index (κ1) is 15.5. The van der Waals surface area contributed by atoms with Crippen LogP contribution in [0.25, 0.3) is 5.57 Å². The highest BCUT2D eigenvalue weighted by Crippen LogP contribution is 2.23. The molecule has 0 radical (unpaired) electrons. The Bertz CT molecular complexity index is 585. The fourth-order valence-electron chi connectivity index (χ4n) is 2.40. The molecule has 1 fully saturated rings. The minimum Gasteiger partial charge on any atom is -0.382 e. The van der Waals surface area contributed by atoms with E-state index >= 15 is 0 Å². The van der Waals surface area contributed by atoms with Gasteiger partial charge in [0.05, 0.1) is 25.5 Å². The van der Waals surface area contributed by atoms with E-state index in [2.05, 4.69) is 11.9 Å². The molecule has 0 aromatic carbocycles. The monoisotopic (exact) mass is 292 g/mol. The number of aldehydes is 1. The second-order valence-electron chi connectivity index (χ2n) is 5.38. The number of amides is 1. The molecule has 1 aliphatic heterocycles. The largest absolute Gasteiger partial charge is 0.382 e. The Morgan fingerprint density at radius 1 is 1.62 bits per heavy atom. The predicted octanol–water partition coefficient (Wildman–Crippen LogP) is 0.691. The van der Waals surface area contributed by atoms with Gasteiger partial charge in [-0.2, -0.15) is 0 Å². The normalized spacial score (nSPS) is 16.1. The summed E-state index contributed by atoms with van der Waals surface area (Å²) in [6.07, 6.45) is 0.758. The van der Waals surface area contributed by atoms with Crippen LogP contribution in [0.4, 0.5) is 0 Å². The van der Waals surface area contributed by atoms with Gasteiger partial charge in [-0.25, -0.2) is 0 Å². The molecule has 0 unspecified atom stereocenters. The van der Waals surface area contributed by atoms with Crippen molar-refractivity contribution >= 4 is 17.8 Å². The van der Waals surface area contributed by atoms with Crippen LogP contribution in [-0.4, -0.2) is 49.2 Å². The van der Waals surface area contributed by atoms with Gasteiger partial charge in [-0.1, -0.05) is 6.58 Å². The first-order chi connectivity index (χ1) is 9.94. The number of nitrogens with zero attached hydrogens (tertiary/aromatic N) is 1. The first-order valence-electron chi connectivity index (χ1n) is 6.64. The highest BCUT2D eigenvalue weighted by atomic mass is 16.5. The lowest BCUT2D eigenvalue weighted by molar-refractivity contribution is -0.134. The summed E-state index contributed by atoms with van der Waals surface area (Å²) < 4.78 is 12.0. The molecular formula is C15H20N2O4. The van der Waals surface area contributed by atoms with Gasteiger partial charge in [0.25, 0.3) is 5.91 Å². The summed E-state index contributed by atoms with van der Waals surface area (Å²) in [4.78, 5) is 23.3. The van der Waals surface area contributed by atoms with Crippen LogP contribution in [-0.2, 0) is 21.3 Å². The maximum absolute atomic E-state index is 12.4. The molecule has 1 N–H and O–H groups in total. The highest BCUT2D eigenvalue weighted by Gasteiger charge is 2.40. The van der Waals surface area contributed by atoms with Crippen molar-refractivity contribution in [3.05, 3.63) is 29.6 Å². The Morgan fingerprint density at radius 3 is 2.71 bits per heavy atom. The number of hydrogen-bond donors (Lipinski definition) is 1. The van der Waals surface area contributed by atoms with Gasteiger partial charge in [-0.05, 0) is 13.0 Å². The number of carbonyl (C=O) groups excluding carboxylic acids is 2. The molecule has 6 nitrogen and oxygen atoms in total. The van der Waals surface area contributed by atoms with Crippen LogP contribution in [0.15, 0.2) is 12.6 Å². The van der Waals surface area contributed by atoms with Crippen molar-refractivity contribution in [3.63, 3.8) is 0 Å². The zero-order valence-corrected chi connectivity index (χ0v) is 12.6. The van der Waals surface area contributed by atoms with Crippen molar-refractivity contribution in [2.45, 2.75) is 12.5 Å². The van der Waals surface area contributed by atoms with Crippen molar-refractivity contribution in [1.29, 1.82) is 0 Å². The van der Waals surface area contributed by atoms with Gasteiger partial charge in [0.2, 0.25) is 0 Å². The number of methoxy groups -OCH3 is 1. The zero-order valence-electron chi connectivity index (χ0n) is 12.6. The third kappa shape index (κ3) is 2.77. The number of hydrogen-bond acceptors (Lipinski definition) is 4. The number of aromatic nitrogens is 1. The van der Waals surface area contributed by atoms with Crippen LogP contribution in [0.5, 0.6) is 0 Å². The van der Waals surface area contributed by atoms with E-state index < -0.39 is 5.54 Å². The first-order valence-corrected chi connectivity index (χ1v) is 6.64. The summed E-state index contributed by atoms with van der Waals surface area (Å²) in [5.74, 6) is -0.276. The molecule has 0 aliphatic carbocycles. The van der Waals surface area contributed by atoms with Crippen molar-refractivity contribution in [2.24, 2.45) is 7.05 Å². The molecule has 0 spiro atoms. The number of carbonyl (C=O) groups is 2. The number of rotatable bonds is 6. The molecule has 2 heterocycles. The molecule has 1 aliphatic rings. The Morgan fingerprint density at radius 2 is 2.29 bits per heavy atom. The Labute approximate surface area is 123 Å². The van der Waals surface area contributed by atoms with E-state index in [1.807, 2.05) is 6.92 Å². The summed E-state index contributed by atoms with van der Waals surface area (Å²) in [5.41, 5.74) is 1.85. The molecule has 2 rings (SSSR count). The lowest BCUT2D eigenvalue weighted by Crippen LogP contribution is -2.64. The van der Waals surface area contributed by atoms with Crippen molar-refractivity contribution in [1.82, 2.24) is 9.88 Å². The molecule has 1 aromatic heterocycles. The molecule has 0 saturated carbocycles. The van der Waals surface area contributed by atoms with Gasteiger partial charge in [-0.3, -0.25) is 9.59 Å². The summed E-state index contributed by atoms with van der Waals surface area (Å²) in [7, 11) is 3.36. The zero-order chi connectivity index (χ0) is 15.6. The molecule has 6 heteroatoms. The maximum Gasteiger partial charge on any atom is 0.252 e. The van der Waals surface area contributed by atoms with Crippen LogP contribution >= 0.6 is 0 Å². The van der Waals surface area contributed by atoms with E-state index in [0.717, 1.165) is 12.0 Å². The molecule has 1 saturated heterocycles. The van der Waals surface area contributed by atoms with E-state index in [1.54, 1.807) is 24.8 Å². The van der Waals surface area contributed by atoms with Crippen LogP contribution < -0.4 is 5.32 Å². The van der Waals surface area contributed by atoms with Gasteiger partial charge >= 0.3 is 0 Å². The van der Waals surface area contributed by atoms with Crippen molar-refractivity contribution in [3.8, 4) is 0 Å². The summed E-state index contributed by atoms with van der Waals surface area (Å²) >= 11 is 0. The van der Waals surface area contributed by atoms with Crippen LogP contribution in [0, 0.1) is 6.92 Å². The number of ether oxygens (including phenoxy) is 2. The summed E-state index contributed by atoms with van der Waals surface area (Å²) in [5, 5.41) is 2.92. The molecular weight excluding hydrogens is 272 g/mol. The van der Waals surface area contributed by atoms with Crippen LogP contribution in [0.2, 0.25) is 0 Å². The smallest absolute Gasteiger partial charge is 0.252 e. The van der Waals surface area contributed by atoms with Crippen molar-refractivity contribution < 1.29 is 19.1 Å². The summed E-state index contributed by atoms with van der Waals surface area (Å²) in [6, 6.07) is 1.67. The second kappa shape index (κ2) is 5.83. The lowest BCUT2D eigenvalue weighted by Gasteiger charge is -2.41. The molecule has 0 atom stereocenters. The molecule has 0 bridgehead atoms. The molecule has 114 valence electrons. The number of nitrogens with one attached hydrogen (secondary N) is 1. The Hall–Kier alpha value is -1.92. The van der Waals surface area contributed by atoms with Gasteiger partial charge in [0.1, 0.15) is 5.54 Å². The third-order valence-corrected chi connectivity index (χ3v) is 3.85. The third-order valence-electron chi connectivity index (χ3n) is 3.85. The Balaban J connectivity index is 2.16. The standard InChI is InChI=1S/C15H20N2O4/c1-10(13-5-12(6-18)17(3)11(13)2)14(19)16-15(7-20-4)8-21-9-15/h5-6H,1,7-9H2,2-4H3,(H,16,19). The average Bonchev–Trinajstić information content (AvgIpc) is 2.71. The van der Waals surface area contributed by atoms with E-state index in [-0.39, 0.29) is 5.91 Å². The minimum atomic E-state index is -0.481. The lowest BCUT2D eigenvalue weighted by atomic mass is 9.97. The van der Waals surface area contributed by atoms with Crippen LogP contribution in [0.3, 0.4) is 0 Å². The SMILES string of the molecule is C=C(C(=O)NC1(COC)COC1)c1cc(C=O)n(C)c1C. The summed E-state index contributed by atoms with van der Waals surface area (Å²) in [6.45, 7) is 6.94. The Kier molecular flexibility index (Phi) is 4.29. The predicted molar refractivity (Wildman–Crippen MR) is 78.1 cm³/mol. The maximum atomic E-state index is 12.4. The second-order valence-corrected chi connectivity index (χ2v) is 5.38. The molecule has 1 amide bonds. The van der Waals surface area contributed by atoms with Crippen molar-refractivity contribution in [2.75, 3.05) is 26.9 Å². The molecule has 1 aromatic rings. The van der Waals surface area contributed by atoms with Crippen LogP contribution in [0.1, 0.15) is 21.7 Å². The topological polar surface area (TPSA) is 69.6 Å². The average molecular weight is 292 g/mol. The quantitative estimate of drug-likeness (QED) is 0.619. The van der Waals surface area contributed by atoms with Gasteiger partial charge in [-0.15, -0.1) is 0 Å². The van der Waals surface area contributed by atoms with E-state index in [9.17, 15) is 9.59 Å². The van der Waals surface area contributed by atoms with Gasteiger partial charge in [0.15, 0.2) is 6.29 Å². The fraction of sp³-hybridized carbons (Fsp3) is 0.467. The van der Waals surface area contributed by atoms with E-state index in [4.69, 9.17) is 9.47 Å². The minimum absolute atomic E-state index is 0.276. The highest BCUT2D eigenvalue weighted by molar-refractivity contribution is 6.19. The van der Waals surface area contributed by atoms with E-state index in [1.165, 1.54) is 0 Å².